The van der Waals surface area contributed by atoms with Crippen LogP contribution >= 0.6 is 11.8 Å². The first-order chi connectivity index (χ1) is 8.47. The number of anilines is 1. The molecular weight excluding hydrogens is 259 g/mol. The lowest BCUT2D eigenvalue weighted by Crippen LogP contribution is -2.09. The Morgan fingerprint density at radius 2 is 1.78 bits per heavy atom. The van der Waals surface area contributed by atoms with Crippen LogP contribution in [0.4, 0.5) is 18.9 Å². The maximum Gasteiger partial charge on any atom is 0.416 e. The molecule has 0 heterocycles. The number of alkyl halides is 3. The molecule has 18 heavy (non-hydrogen) atoms. The van der Waals surface area contributed by atoms with Crippen molar-refractivity contribution in [3.05, 3.63) is 23.8 Å². The van der Waals surface area contributed by atoms with Crippen LogP contribution in [0.2, 0.25) is 0 Å². The molecule has 0 saturated heterocycles. The Labute approximate surface area is 109 Å². The maximum atomic E-state index is 12.5. The second-order valence-corrected chi connectivity index (χ2v) is 5.97. The van der Waals surface area contributed by atoms with Gasteiger partial charge in [-0.25, -0.2) is 0 Å². The Morgan fingerprint density at radius 3 is 2.33 bits per heavy atom. The van der Waals surface area contributed by atoms with Crippen LogP contribution in [0.3, 0.4) is 0 Å². The molecule has 0 spiro atoms. The van der Waals surface area contributed by atoms with Gasteiger partial charge < -0.3 is 5.73 Å². The van der Waals surface area contributed by atoms with E-state index in [1.807, 2.05) is 0 Å². The van der Waals surface area contributed by atoms with Gasteiger partial charge in [0.2, 0.25) is 0 Å². The topological polar surface area (TPSA) is 26.0 Å². The minimum atomic E-state index is -4.32. The predicted molar refractivity (Wildman–Crippen MR) is 68.6 cm³/mol. The lowest BCUT2D eigenvalue weighted by atomic mass is 10.0. The number of hydrogen-bond acceptors (Lipinski definition) is 2. The minimum absolute atomic E-state index is 0.236. The molecule has 1 fully saturated rings. The van der Waals surface area contributed by atoms with E-state index in [4.69, 9.17) is 5.73 Å². The van der Waals surface area contributed by atoms with Crippen molar-refractivity contribution in [1.82, 2.24) is 0 Å². The molecule has 0 aromatic heterocycles. The van der Waals surface area contributed by atoms with Crippen LogP contribution in [0.1, 0.15) is 37.7 Å². The number of halogens is 3. The average molecular weight is 275 g/mol. The van der Waals surface area contributed by atoms with Gasteiger partial charge in [0.15, 0.2) is 0 Å². The smallest absolute Gasteiger partial charge is 0.398 e. The fourth-order valence-electron chi connectivity index (χ4n) is 2.19. The van der Waals surface area contributed by atoms with E-state index in [1.165, 1.54) is 25.3 Å². The van der Waals surface area contributed by atoms with Gasteiger partial charge in [-0.1, -0.05) is 19.3 Å². The quantitative estimate of drug-likeness (QED) is 0.791. The van der Waals surface area contributed by atoms with Gasteiger partial charge in [0.05, 0.1) is 5.56 Å². The van der Waals surface area contributed by atoms with Crippen LogP contribution in [-0.2, 0) is 6.18 Å². The monoisotopic (exact) mass is 275 g/mol. The fourth-order valence-corrected chi connectivity index (χ4v) is 3.46. The molecule has 0 aliphatic heterocycles. The second kappa shape index (κ2) is 5.43. The Bertz CT molecular complexity index is 411. The Morgan fingerprint density at radius 1 is 1.11 bits per heavy atom. The van der Waals surface area contributed by atoms with Crippen molar-refractivity contribution in [2.75, 3.05) is 5.73 Å². The number of rotatable bonds is 2. The summed E-state index contributed by atoms with van der Waals surface area (Å²) >= 11 is 1.62. The summed E-state index contributed by atoms with van der Waals surface area (Å²) in [5.74, 6) is 0. The van der Waals surface area contributed by atoms with E-state index in [1.54, 1.807) is 11.8 Å². The number of nitrogens with two attached hydrogens (primary N) is 1. The van der Waals surface area contributed by atoms with Crippen molar-refractivity contribution >= 4 is 17.4 Å². The van der Waals surface area contributed by atoms with Crippen LogP contribution in [0.25, 0.3) is 0 Å². The van der Waals surface area contributed by atoms with Crippen LogP contribution < -0.4 is 5.73 Å². The molecule has 2 rings (SSSR count). The predicted octanol–water partition coefficient (Wildman–Crippen LogP) is 4.71. The molecule has 2 N–H and O–H groups in total. The first-order valence-corrected chi connectivity index (χ1v) is 6.98. The summed E-state index contributed by atoms with van der Waals surface area (Å²) in [5, 5.41) is 0.498. The standard InChI is InChI=1S/C13H16F3NS/c14-13(15,16)9-6-7-12(11(17)8-9)18-10-4-2-1-3-5-10/h6-8,10H,1-5,17H2. The summed E-state index contributed by atoms with van der Waals surface area (Å²) in [7, 11) is 0. The molecule has 5 heteroatoms. The highest BCUT2D eigenvalue weighted by atomic mass is 32.2. The molecule has 1 aliphatic carbocycles. The van der Waals surface area contributed by atoms with Crippen molar-refractivity contribution in [3.8, 4) is 0 Å². The molecule has 100 valence electrons. The van der Waals surface area contributed by atoms with Gasteiger partial charge in [-0.3, -0.25) is 0 Å². The van der Waals surface area contributed by atoms with E-state index >= 15 is 0 Å². The molecule has 1 saturated carbocycles. The Balaban J connectivity index is 2.09. The molecular formula is C13H16F3NS. The van der Waals surface area contributed by atoms with Gasteiger partial charge in [-0.2, -0.15) is 13.2 Å². The molecule has 0 bridgehead atoms. The normalized spacial score (nSPS) is 17.9. The van der Waals surface area contributed by atoms with E-state index < -0.39 is 11.7 Å². The minimum Gasteiger partial charge on any atom is -0.398 e. The van der Waals surface area contributed by atoms with Crippen LogP contribution in [0.15, 0.2) is 23.1 Å². The molecule has 1 aliphatic rings. The van der Waals surface area contributed by atoms with Gasteiger partial charge >= 0.3 is 6.18 Å². The van der Waals surface area contributed by atoms with Crippen molar-refractivity contribution in [2.45, 2.75) is 48.4 Å². The molecule has 0 unspecified atom stereocenters. The molecule has 1 nitrogen and oxygen atoms in total. The highest BCUT2D eigenvalue weighted by Crippen LogP contribution is 2.38. The fraction of sp³-hybridized carbons (Fsp3) is 0.538. The summed E-state index contributed by atoms with van der Waals surface area (Å²) < 4.78 is 37.5. The zero-order chi connectivity index (χ0) is 13.2. The summed E-state index contributed by atoms with van der Waals surface area (Å²) in [6.07, 6.45) is 1.62. The molecule has 0 atom stereocenters. The van der Waals surface area contributed by atoms with E-state index in [-0.39, 0.29) is 5.69 Å². The lowest BCUT2D eigenvalue weighted by molar-refractivity contribution is -0.137. The number of nitrogen functional groups attached to an aromatic ring is 1. The van der Waals surface area contributed by atoms with Crippen LogP contribution in [-0.4, -0.2) is 5.25 Å². The van der Waals surface area contributed by atoms with Gasteiger partial charge in [-0.15, -0.1) is 11.8 Å². The first-order valence-electron chi connectivity index (χ1n) is 6.10. The highest BCUT2D eigenvalue weighted by molar-refractivity contribution is 8.00. The van der Waals surface area contributed by atoms with Crippen molar-refractivity contribution < 1.29 is 13.2 Å². The van der Waals surface area contributed by atoms with Crippen LogP contribution in [0.5, 0.6) is 0 Å². The number of benzene rings is 1. The third kappa shape index (κ3) is 3.34. The summed E-state index contributed by atoms with van der Waals surface area (Å²) in [5.41, 5.74) is 5.28. The van der Waals surface area contributed by atoms with Crippen molar-refractivity contribution in [2.24, 2.45) is 0 Å². The SMILES string of the molecule is Nc1cc(C(F)(F)F)ccc1SC1CCCCC1. The third-order valence-corrected chi connectivity index (χ3v) is 4.61. The van der Waals surface area contributed by atoms with E-state index in [0.29, 0.717) is 5.25 Å². The molecule has 1 aromatic rings. The van der Waals surface area contributed by atoms with Crippen LogP contribution in [0, 0.1) is 0 Å². The largest absolute Gasteiger partial charge is 0.416 e. The zero-order valence-electron chi connectivity index (χ0n) is 9.96. The maximum absolute atomic E-state index is 12.5. The highest BCUT2D eigenvalue weighted by Gasteiger charge is 2.31. The molecule has 1 aromatic carbocycles. The van der Waals surface area contributed by atoms with E-state index in [0.717, 1.165) is 29.9 Å². The molecule has 0 radical (unpaired) electrons. The van der Waals surface area contributed by atoms with Gasteiger partial charge in [0, 0.05) is 15.8 Å². The first kappa shape index (κ1) is 13.6. The Hall–Kier alpha value is -0.840. The second-order valence-electron chi connectivity index (χ2n) is 4.63. The number of hydrogen-bond donors (Lipinski definition) is 1. The van der Waals surface area contributed by atoms with E-state index in [2.05, 4.69) is 0 Å². The average Bonchev–Trinajstić information content (AvgIpc) is 2.32. The van der Waals surface area contributed by atoms with Crippen molar-refractivity contribution in [1.29, 1.82) is 0 Å². The van der Waals surface area contributed by atoms with Crippen molar-refractivity contribution in [3.63, 3.8) is 0 Å². The zero-order valence-corrected chi connectivity index (χ0v) is 10.8. The summed E-state index contributed by atoms with van der Waals surface area (Å²) in [6.45, 7) is 0. The van der Waals surface area contributed by atoms with Gasteiger partial charge in [-0.05, 0) is 31.0 Å². The van der Waals surface area contributed by atoms with Gasteiger partial charge in [0.1, 0.15) is 0 Å². The summed E-state index contributed by atoms with van der Waals surface area (Å²) in [4.78, 5) is 0.773. The number of thioether (sulfide) groups is 1. The van der Waals surface area contributed by atoms with E-state index in [9.17, 15) is 13.2 Å². The summed E-state index contributed by atoms with van der Waals surface area (Å²) in [6, 6.07) is 3.64. The Kier molecular flexibility index (Phi) is 4.10. The van der Waals surface area contributed by atoms with Gasteiger partial charge in [0.25, 0.3) is 0 Å². The third-order valence-electron chi connectivity index (χ3n) is 3.18. The lowest BCUT2D eigenvalue weighted by Gasteiger charge is -2.21. The molecule has 0 amide bonds.